The smallest absolute Gasteiger partial charge is 0.107 e. The Hall–Kier alpha value is -1.32. The SMILES string of the molecule is O[C@@H]1c2ccccc2SCc2ncccc21. The van der Waals surface area contributed by atoms with E-state index in [0.29, 0.717) is 0 Å². The van der Waals surface area contributed by atoms with Gasteiger partial charge in [0.05, 0.1) is 5.69 Å². The number of nitrogens with zero attached hydrogens (tertiary/aromatic N) is 1. The number of thioether (sulfide) groups is 1. The first kappa shape index (κ1) is 9.87. The van der Waals surface area contributed by atoms with Crippen molar-refractivity contribution in [1.82, 2.24) is 4.98 Å². The lowest BCUT2D eigenvalue weighted by Crippen LogP contribution is -2.02. The normalized spacial score (nSPS) is 18.4. The third-order valence-corrected chi connectivity index (χ3v) is 3.90. The summed E-state index contributed by atoms with van der Waals surface area (Å²) in [7, 11) is 0. The fraction of sp³-hybridized carbons (Fsp3) is 0.154. The number of hydrogen-bond acceptors (Lipinski definition) is 3. The maximum Gasteiger partial charge on any atom is 0.107 e. The van der Waals surface area contributed by atoms with Gasteiger partial charge in [0.25, 0.3) is 0 Å². The molecule has 0 radical (unpaired) electrons. The van der Waals surface area contributed by atoms with E-state index in [1.165, 1.54) is 0 Å². The first-order valence-corrected chi connectivity index (χ1v) is 6.18. The van der Waals surface area contributed by atoms with Crippen LogP contribution in [0.2, 0.25) is 0 Å². The van der Waals surface area contributed by atoms with Crippen LogP contribution in [-0.4, -0.2) is 10.1 Å². The van der Waals surface area contributed by atoms with Gasteiger partial charge in [-0.25, -0.2) is 0 Å². The lowest BCUT2D eigenvalue weighted by molar-refractivity contribution is 0.216. The summed E-state index contributed by atoms with van der Waals surface area (Å²) in [5, 5.41) is 10.3. The predicted octanol–water partition coefficient (Wildman–Crippen LogP) is 2.77. The lowest BCUT2D eigenvalue weighted by atomic mass is 10.0. The highest BCUT2D eigenvalue weighted by Gasteiger charge is 2.21. The van der Waals surface area contributed by atoms with Crippen molar-refractivity contribution in [3.05, 3.63) is 59.4 Å². The largest absolute Gasteiger partial charge is 0.384 e. The molecule has 16 heavy (non-hydrogen) atoms. The number of rotatable bonds is 0. The second-order valence-electron chi connectivity index (χ2n) is 3.77. The maximum atomic E-state index is 10.3. The van der Waals surface area contributed by atoms with Crippen LogP contribution in [0.1, 0.15) is 22.9 Å². The average molecular weight is 229 g/mol. The lowest BCUT2D eigenvalue weighted by Gasteiger charge is -2.12. The first-order chi connectivity index (χ1) is 7.86. The minimum Gasteiger partial charge on any atom is -0.384 e. The molecule has 0 fully saturated rings. The molecule has 0 aliphatic carbocycles. The Morgan fingerprint density at radius 3 is 2.88 bits per heavy atom. The monoisotopic (exact) mass is 229 g/mol. The van der Waals surface area contributed by atoms with E-state index in [-0.39, 0.29) is 0 Å². The fourth-order valence-electron chi connectivity index (χ4n) is 1.97. The van der Waals surface area contributed by atoms with Crippen LogP contribution in [0.3, 0.4) is 0 Å². The number of pyridine rings is 1. The van der Waals surface area contributed by atoms with Gasteiger partial charge in [0.1, 0.15) is 6.10 Å². The summed E-state index contributed by atoms with van der Waals surface area (Å²) < 4.78 is 0. The van der Waals surface area contributed by atoms with Gasteiger partial charge >= 0.3 is 0 Å². The number of aromatic nitrogens is 1. The molecule has 1 aromatic carbocycles. The molecule has 0 spiro atoms. The highest BCUT2D eigenvalue weighted by atomic mass is 32.2. The van der Waals surface area contributed by atoms with Gasteiger partial charge in [-0.3, -0.25) is 4.98 Å². The molecule has 1 aliphatic rings. The molecule has 0 bridgehead atoms. The molecule has 80 valence electrons. The van der Waals surface area contributed by atoms with E-state index >= 15 is 0 Å². The molecule has 1 atom stereocenters. The van der Waals surface area contributed by atoms with Crippen LogP contribution in [0, 0.1) is 0 Å². The van der Waals surface area contributed by atoms with Crippen molar-refractivity contribution >= 4 is 11.8 Å². The molecule has 2 heterocycles. The van der Waals surface area contributed by atoms with E-state index in [1.807, 2.05) is 30.3 Å². The van der Waals surface area contributed by atoms with Crippen molar-refractivity contribution < 1.29 is 5.11 Å². The summed E-state index contributed by atoms with van der Waals surface area (Å²) in [5.74, 6) is 0.824. The highest BCUT2D eigenvalue weighted by Crippen LogP contribution is 2.38. The van der Waals surface area contributed by atoms with Gasteiger partial charge in [-0.2, -0.15) is 0 Å². The van der Waals surface area contributed by atoms with E-state index in [4.69, 9.17) is 0 Å². The van der Waals surface area contributed by atoms with Crippen molar-refractivity contribution in [2.45, 2.75) is 16.8 Å². The summed E-state index contributed by atoms with van der Waals surface area (Å²) >= 11 is 1.73. The van der Waals surface area contributed by atoms with E-state index in [1.54, 1.807) is 18.0 Å². The number of aliphatic hydroxyl groups is 1. The Morgan fingerprint density at radius 1 is 1.12 bits per heavy atom. The van der Waals surface area contributed by atoms with Crippen molar-refractivity contribution in [3.8, 4) is 0 Å². The summed E-state index contributed by atoms with van der Waals surface area (Å²) in [4.78, 5) is 5.48. The molecule has 0 amide bonds. The molecule has 0 saturated heterocycles. The molecule has 3 rings (SSSR count). The van der Waals surface area contributed by atoms with Crippen LogP contribution in [0.4, 0.5) is 0 Å². The third kappa shape index (κ3) is 1.52. The molecule has 1 N–H and O–H groups in total. The second-order valence-corrected chi connectivity index (χ2v) is 4.79. The van der Waals surface area contributed by atoms with Gasteiger partial charge in [-0.05, 0) is 17.7 Å². The zero-order valence-electron chi connectivity index (χ0n) is 8.63. The molecule has 1 aromatic heterocycles. The van der Waals surface area contributed by atoms with Gasteiger partial charge < -0.3 is 5.11 Å². The van der Waals surface area contributed by atoms with Crippen LogP contribution >= 0.6 is 11.8 Å². The predicted molar refractivity (Wildman–Crippen MR) is 64.3 cm³/mol. The number of fused-ring (bicyclic) bond motifs is 2. The van der Waals surface area contributed by atoms with E-state index in [0.717, 1.165) is 27.5 Å². The van der Waals surface area contributed by atoms with Crippen molar-refractivity contribution in [1.29, 1.82) is 0 Å². The van der Waals surface area contributed by atoms with Crippen molar-refractivity contribution in [2.75, 3.05) is 0 Å². The molecule has 3 heteroatoms. The van der Waals surface area contributed by atoms with E-state index in [9.17, 15) is 5.11 Å². The van der Waals surface area contributed by atoms with Gasteiger partial charge in [-0.15, -0.1) is 11.8 Å². The second kappa shape index (κ2) is 3.92. The number of aliphatic hydroxyl groups excluding tert-OH is 1. The molecule has 0 unspecified atom stereocenters. The van der Waals surface area contributed by atoms with Crippen LogP contribution in [0.25, 0.3) is 0 Å². The van der Waals surface area contributed by atoms with Gasteiger partial charge in [0, 0.05) is 22.4 Å². The van der Waals surface area contributed by atoms with Crippen LogP contribution < -0.4 is 0 Å². The molecule has 2 aromatic rings. The highest BCUT2D eigenvalue weighted by molar-refractivity contribution is 7.98. The van der Waals surface area contributed by atoms with Crippen molar-refractivity contribution in [3.63, 3.8) is 0 Å². The quantitative estimate of drug-likeness (QED) is 0.754. The zero-order valence-corrected chi connectivity index (χ0v) is 9.45. The Bertz CT molecular complexity index is 479. The number of benzene rings is 1. The van der Waals surface area contributed by atoms with Crippen molar-refractivity contribution in [2.24, 2.45) is 0 Å². The first-order valence-electron chi connectivity index (χ1n) is 5.20. The molecular formula is C13H11NOS. The number of hydrogen-bond donors (Lipinski definition) is 1. The van der Waals surface area contributed by atoms with Crippen LogP contribution in [-0.2, 0) is 5.75 Å². The Kier molecular flexibility index (Phi) is 2.42. The summed E-state index contributed by atoms with van der Waals surface area (Å²) in [5.41, 5.74) is 2.90. The molecular weight excluding hydrogens is 218 g/mol. The Morgan fingerprint density at radius 2 is 1.94 bits per heavy atom. The fourth-order valence-corrected chi connectivity index (χ4v) is 3.03. The van der Waals surface area contributed by atoms with Gasteiger partial charge in [-0.1, -0.05) is 24.3 Å². The topological polar surface area (TPSA) is 33.1 Å². The molecule has 0 saturated carbocycles. The van der Waals surface area contributed by atoms with Crippen LogP contribution in [0.15, 0.2) is 47.5 Å². The maximum absolute atomic E-state index is 10.3. The standard InChI is InChI=1S/C13H11NOS/c15-13-9-5-3-7-14-11(9)8-16-12-6-2-1-4-10(12)13/h1-7,13,15H,8H2/t13-/m0/s1. The van der Waals surface area contributed by atoms with E-state index in [2.05, 4.69) is 11.1 Å². The third-order valence-electron chi connectivity index (χ3n) is 2.80. The molecule has 2 nitrogen and oxygen atoms in total. The Balaban J connectivity index is 2.18. The average Bonchev–Trinajstić information content (AvgIpc) is 2.49. The summed E-state index contributed by atoms with van der Waals surface area (Å²) in [6.45, 7) is 0. The summed E-state index contributed by atoms with van der Waals surface area (Å²) in [6.07, 6.45) is 1.23. The van der Waals surface area contributed by atoms with Crippen LogP contribution in [0.5, 0.6) is 0 Å². The van der Waals surface area contributed by atoms with E-state index < -0.39 is 6.10 Å². The molecule has 1 aliphatic heterocycles. The summed E-state index contributed by atoms with van der Waals surface area (Å²) in [6, 6.07) is 11.8. The van der Waals surface area contributed by atoms with Gasteiger partial charge in [0.15, 0.2) is 0 Å². The van der Waals surface area contributed by atoms with Gasteiger partial charge in [0.2, 0.25) is 0 Å². The minimum atomic E-state index is -0.546. The Labute approximate surface area is 98.3 Å². The minimum absolute atomic E-state index is 0.546. The zero-order chi connectivity index (χ0) is 11.0.